The maximum Gasteiger partial charge on any atom is 0.269 e. The molecule has 0 heterocycles. The predicted molar refractivity (Wildman–Crippen MR) is 137 cm³/mol. The van der Waals surface area contributed by atoms with Crippen molar-refractivity contribution < 1.29 is 19.3 Å². The summed E-state index contributed by atoms with van der Waals surface area (Å²) >= 11 is 0. The molecule has 0 aliphatic heterocycles. The standard InChI is InChI=1S/C23H38N8O5/c1-13(2)12-18(30-22(34)19(24)14(3)4)21(33)29-17(6-5-11-27-23(25)26)20(32)28-15-7-9-16(10-8-15)31(35)36/h7-10,13-14,17-19H,5-6,11-12,24H2,1-4H3,(H,28,32)(H,29,33)(H,30,34)(H4,25,26,27)/t17-,18-,19?/m0/s1. The van der Waals surface area contributed by atoms with Gasteiger partial charge in [-0.3, -0.25) is 29.9 Å². The highest BCUT2D eigenvalue weighted by Crippen LogP contribution is 2.16. The van der Waals surface area contributed by atoms with Crippen molar-refractivity contribution in [3.05, 3.63) is 34.4 Å². The Hall–Kier alpha value is -3.74. The fourth-order valence-corrected chi connectivity index (χ4v) is 3.24. The third kappa shape index (κ3) is 10.7. The molecular formula is C23H38N8O5. The van der Waals surface area contributed by atoms with Crippen molar-refractivity contribution >= 4 is 35.1 Å². The third-order valence-electron chi connectivity index (χ3n) is 5.32. The number of rotatable bonds is 14. The molecule has 36 heavy (non-hydrogen) atoms. The number of carbonyl (C=O) groups excluding carboxylic acids is 3. The first kappa shape index (κ1) is 30.3. The van der Waals surface area contributed by atoms with Crippen LogP contribution >= 0.6 is 0 Å². The monoisotopic (exact) mass is 506 g/mol. The number of non-ortho nitro benzene ring substituents is 1. The van der Waals surface area contributed by atoms with Gasteiger partial charge in [0.15, 0.2) is 5.96 Å². The second kappa shape index (κ2) is 14.6. The molecule has 0 aliphatic carbocycles. The molecule has 3 amide bonds. The third-order valence-corrected chi connectivity index (χ3v) is 5.32. The molecule has 1 aromatic carbocycles. The van der Waals surface area contributed by atoms with Gasteiger partial charge in [-0.15, -0.1) is 0 Å². The maximum atomic E-state index is 13.1. The molecule has 1 unspecified atom stereocenters. The number of nitro groups is 1. The lowest BCUT2D eigenvalue weighted by molar-refractivity contribution is -0.384. The van der Waals surface area contributed by atoms with Crippen LogP contribution in [0, 0.1) is 27.4 Å². The van der Waals surface area contributed by atoms with Gasteiger partial charge in [0.1, 0.15) is 12.1 Å². The highest BCUT2D eigenvalue weighted by Gasteiger charge is 2.29. The zero-order valence-corrected chi connectivity index (χ0v) is 21.2. The van der Waals surface area contributed by atoms with E-state index in [0.717, 1.165) is 0 Å². The molecule has 1 rings (SSSR count). The number of carbonyl (C=O) groups is 3. The fourth-order valence-electron chi connectivity index (χ4n) is 3.24. The summed E-state index contributed by atoms with van der Waals surface area (Å²) in [5, 5.41) is 28.8. The second-order valence-electron chi connectivity index (χ2n) is 9.30. The van der Waals surface area contributed by atoms with Gasteiger partial charge in [0.25, 0.3) is 5.69 Å². The van der Waals surface area contributed by atoms with Crippen LogP contribution < -0.4 is 32.7 Å². The van der Waals surface area contributed by atoms with E-state index in [4.69, 9.17) is 16.9 Å². The molecule has 1 aromatic rings. The quantitative estimate of drug-likeness (QED) is 0.0627. The largest absolute Gasteiger partial charge is 0.370 e. The molecule has 0 aliphatic rings. The second-order valence-corrected chi connectivity index (χ2v) is 9.30. The van der Waals surface area contributed by atoms with Gasteiger partial charge in [0, 0.05) is 24.4 Å². The van der Waals surface area contributed by atoms with Gasteiger partial charge in [-0.1, -0.05) is 27.7 Å². The van der Waals surface area contributed by atoms with Crippen molar-refractivity contribution in [2.24, 2.45) is 23.3 Å². The van der Waals surface area contributed by atoms with Crippen molar-refractivity contribution in [1.29, 1.82) is 5.41 Å². The molecule has 0 bridgehead atoms. The van der Waals surface area contributed by atoms with Crippen molar-refractivity contribution in [2.45, 2.75) is 65.1 Å². The van der Waals surface area contributed by atoms with E-state index < -0.39 is 40.8 Å². The van der Waals surface area contributed by atoms with Crippen LogP contribution in [0.25, 0.3) is 0 Å². The first-order valence-electron chi connectivity index (χ1n) is 11.8. The van der Waals surface area contributed by atoms with Crippen molar-refractivity contribution in [1.82, 2.24) is 16.0 Å². The lowest BCUT2D eigenvalue weighted by Gasteiger charge is -2.26. The number of benzene rings is 1. The van der Waals surface area contributed by atoms with Crippen LogP contribution in [0.2, 0.25) is 0 Å². The van der Waals surface area contributed by atoms with Crippen LogP contribution in [0.3, 0.4) is 0 Å². The van der Waals surface area contributed by atoms with Gasteiger partial charge < -0.3 is 32.7 Å². The van der Waals surface area contributed by atoms with Gasteiger partial charge in [-0.2, -0.15) is 0 Å². The van der Waals surface area contributed by atoms with Crippen molar-refractivity contribution in [2.75, 3.05) is 11.9 Å². The first-order chi connectivity index (χ1) is 16.8. The van der Waals surface area contributed by atoms with Crippen LogP contribution in [0.4, 0.5) is 11.4 Å². The predicted octanol–water partition coefficient (Wildman–Crippen LogP) is 0.796. The number of anilines is 1. The van der Waals surface area contributed by atoms with Gasteiger partial charge in [0.2, 0.25) is 17.7 Å². The Labute approximate surface area is 210 Å². The van der Waals surface area contributed by atoms with Gasteiger partial charge in [-0.25, -0.2) is 0 Å². The summed E-state index contributed by atoms with van der Waals surface area (Å²) in [7, 11) is 0. The lowest BCUT2D eigenvalue weighted by atomic mass is 10.00. The summed E-state index contributed by atoms with van der Waals surface area (Å²) in [6.07, 6.45) is 0.946. The number of hydrogen-bond donors (Lipinski definition) is 7. The minimum absolute atomic E-state index is 0.0727. The van der Waals surface area contributed by atoms with Crippen LogP contribution in [-0.4, -0.2) is 53.3 Å². The Morgan fingerprint density at radius 3 is 2.08 bits per heavy atom. The van der Waals surface area contributed by atoms with Gasteiger partial charge in [0.05, 0.1) is 11.0 Å². The zero-order chi connectivity index (χ0) is 27.4. The molecular weight excluding hydrogens is 468 g/mol. The number of nitrogens with two attached hydrogens (primary N) is 2. The maximum absolute atomic E-state index is 13.1. The molecule has 0 saturated heterocycles. The van der Waals surface area contributed by atoms with E-state index in [1.807, 2.05) is 13.8 Å². The normalized spacial score (nSPS) is 13.4. The smallest absolute Gasteiger partial charge is 0.269 e. The Morgan fingerprint density at radius 1 is 1.00 bits per heavy atom. The minimum Gasteiger partial charge on any atom is -0.370 e. The van der Waals surface area contributed by atoms with Crippen molar-refractivity contribution in [3.63, 3.8) is 0 Å². The summed E-state index contributed by atoms with van der Waals surface area (Å²) in [5.74, 6) is -1.79. The van der Waals surface area contributed by atoms with Crippen LogP contribution in [0.5, 0.6) is 0 Å². The van der Waals surface area contributed by atoms with Crippen LogP contribution in [0.1, 0.15) is 47.0 Å². The molecule has 0 radical (unpaired) electrons. The first-order valence-corrected chi connectivity index (χ1v) is 11.8. The van der Waals surface area contributed by atoms with Gasteiger partial charge in [-0.05, 0) is 43.2 Å². The average Bonchev–Trinajstić information content (AvgIpc) is 2.79. The van der Waals surface area contributed by atoms with E-state index in [1.165, 1.54) is 24.3 Å². The Balaban J connectivity index is 3.01. The summed E-state index contributed by atoms with van der Waals surface area (Å²) in [5.41, 5.74) is 11.4. The Morgan fingerprint density at radius 2 is 1.58 bits per heavy atom. The molecule has 200 valence electrons. The highest BCUT2D eigenvalue weighted by atomic mass is 16.6. The average molecular weight is 507 g/mol. The lowest BCUT2D eigenvalue weighted by Crippen LogP contribution is -2.56. The van der Waals surface area contributed by atoms with E-state index in [2.05, 4.69) is 21.3 Å². The van der Waals surface area contributed by atoms with E-state index in [9.17, 15) is 24.5 Å². The minimum atomic E-state index is -0.980. The molecule has 0 aromatic heterocycles. The number of nitro benzene ring substituents is 1. The zero-order valence-electron chi connectivity index (χ0n) is 21.2. The summed E-state index contributed by atoms with van der Waals surface area (Å²) in [6, 6.07) is 2.63. The number of guanidine groups is 1. The Bertz CT molecular complexity index is 920. The van der Waals surface area contributed by atoms with E-state index in [1.54, 1.807) is 13.8 Å². The molecule has 3 atom stereocenters. The van der Waals surface area contributed by atoms with Crippen molar-refractivity contribution in [3.8, 4) is 0 Å². The molecule has 9 N–H and O–H groups in total. The van der Waals surface area contributed by atoms with Gasteiger partial charge >= 0.3 is 0 Å². The van der Waals surface area contributed by atoms with E-state index in [0.29, 0.717) is 25.1 Å². The highest BCUT2D eigenvalue weighted by molar-refractivity contribution is 5.98. The summed E-state index contributed by atoms with van der Waals surface area (Å²) in [4.78, 5) is 49.0. The molecule has 0 spiro atoms. The number of nitrogens with one attached hydrogen (secondary N) is 5. The number of amides is 3. The summed E-state index contributed by atoms with van der Waals surface area (Å²) < 4.78 is 0. The Kier molecular flexibility index (Phi) is 12.3. The molecule has 13 nitrogen and oxygen atoms in total. The number of hydrogen-bond acceptors (Lipinski definition) is 7. The summed E-state index contributed by atoms with van der Waals surface area (Å²) in [6.45, 7) is 7.72. The van der Waals surface area contributed by atoms with Crippen LogP contribution in [-0.2, 0) is 14.4 Å². The number of nitrogens with zero attached hydrogens (tertiary/aromatic N) is 1. The molecule has 13 heteroatoms. The molecule has 0 saturated carbocycles. The molecule has 0 fully saturated rings. The van der Waals surface area contributed by atoms with E-state index >= 15 is 0 Å². The topological polar surface area (TPSA) is 218 Å². The van der Waals surface area contributed by atoms with Crippen LogP contribution in [0.15, 0.2) is 24.3 Å². The van der Waals surface area contributed by atoms with E-state index in [-0.39, 0.29) is 29.9 Å². The fraction of sp³-hybridized carbons (Fsp3) is 0.565. The SMILES string of the molecule is CC(C)C[C@H](NC(=O)C(N)C(C)C)C(=O)N[C@@H](CCCNC(=N)N)C(=O)Nc1ccc([N+](=O)[O-])cc1.